The Balaban J connectivity index is 0.000000534. The molecule has 3 amide bonds. The Morgan fingerprint density at radius 3 is 1.38 bits per heavy atom. The van der Waals surface area contributed by atoms with Gasteiger partial charge in [0.15, 0.2) is 0 Å². The lowest BCUT2D eigenvalue weighted by Crippen LogP contribution is -2.49. The molecule has 0 unspecified atom stereocenters. The van der Waals surface area contributed by atoms with E-state index in [-0.39, 0.29) is 0 Å². The quantitative estimate of drug-likeness (QED) is 0.465. The number of carboxylic acid groups (broad SMARTS) is 1. The zero-order chi connectivity index (χ0) is 23.3. The lowest BCUT2D eigenvalue weighted by molar-refractivity contribution is -0.137. The fourth-order valence-electron chi connectivity index (χ4n) is 2.58. The van der Waals surface area contributed by atoms with Gasteiger partial charge in [0, 0.05) is 23.1 Å². The van der Waals surface area contributed by atoms with Gasteiger partial charge in [-0.3, -0.25) is 24.6 Å². The maximum Gasteiger partial charge on any atom is 0.303 e. The number of hydrogen-bond acceptors (Lipinski definition) is 4. The summed E-state index contributed by atoms with van der Waals surface area (Å²) in [6.07, 6.45) is 1.02. The van der Waals surface area contributed by atoms with Crippen LogP contribution in [-0.2, 0) is 4.79 Å². The summed E-state index contributed by atoms with van der Waals surface area (Å²) in [7, 11) is 0. The summed E-state index contributed by atoms with van der Waals surface area (Å²) in [5.74, 6) is -2.47. The highest BCUT2D eigenvalue weighted by Gasteiger charge is 2.26. The number of nitrogens with zero attached hydrogens (tertiary/aromatic N) is 1. The summed E-state index contributed by atoms with van der Waals surface area (Å²) in [4.78, 5) is 47.7. The van der Waals surface area contributed by atoms with Crippen LogP contribution in [0.15, 0.2) is 91.0 Å². The van der Waals surface area contributed by atoms with Crippen LogP contribution in [0.3, 0.4) is 0 Å². The van der Waals surface area contributed by atoms with Crippen LogP contribution in [-0.4, -0.2) is 33.8 Å². The van der Waals surface area contributed by atoms with E-state index in [1.165, 1.54) is 0 Å². The fraction of sp³-hybridized carbons (Fsp3) is 0.120. The van der Waals surface area contributed by atoms with Crippen molar-refractivity contribution in [2.45, 2.75) is 19.8 Å². The molecule has 0 fully saturated rings. The van der Waals surface area contributed by atoms with Gasteiger partial charge in [0.2, 0.25) is 0 Å². The van der Waals surface area contributed by atoms with Gasteiger partial charge in [-0.05, 0) is 42.8 Å². The molecule has 3 aromatic rings. The van der Waals surface area contributed by atoms with Crippen LogP contribution in [0.4, 0.5) is 0 Å². The lowest BCUT2D eigenvalue weighted by Gasteiger charge is -2.21. The largest absolute Gasteiger partial charge is 0.481 e. The number of nitrogens with one attached hydrogen (secondary N) is 1. The van der Waals surface area contributed by atoms with E-state index >= 15 is 0 Å². The van der Waals surface area contributed by atoms with Gasteiger partial charge in [-0.25, -0.2) is 0 Å². The molecule has 3 aromatic carbocycles. The molecular weight excluding hydrogens is 408 g/mol. The van der Waals surface area contributed by atoms with Crippen molar-refractivity contribution in [1.82, 2.24) is 10.4 Å². The van der Waals surface area contributed by atoms with Crippen molar-refractivity contribution >= 4 is 23.7 Å². The molecule has 2 N–H and O–H groups in total. The van der Waals surface area contributed by atoms with Crippen LogP contribution in [0, 0.1) is 0 Å². The molecule has 7 heteroatoms. The zero-order valence-electron chi connectivity index (χ0n) is 17.6. The number of rotatable bonds is 5. The molecule has 0 aliphatic rings. The fourth-order valence-corrected chi connectivity index (χ4v) is 2.58. The van der Waals surface area contributed by atoms with Gasteiger partial charge in [-0.15, -0.1) is 0 Å². The molecule has 0 spiro atoms. The third-order valence-electron chi connectivity index (χ3n) is 4.16. The van der Waals surface area contributed by atoms with Crippen LogP contribution >= 0.6 is 0 Å². The molecule has 0 aliphatic heterocycles. The second-order valence-corrected chi connectivity index (χ2v) is 6.63. The SMILES string of the molecule is CCCC(=O)O.O=C(NN(C(=O)c1ccccc1)C(=O)c1ccccc1)c1ccccc1. The van der Waals surface area contributed by atoms with E-state index in [1.54, 1.807) is 91.0 Å². The zero-order valence-corrected chi connectivity index (χ0v) is 17.6. The van der Waals surface area contributed by atoms with E-state index in [0.717, 1.165) is 11.4 Å². The summed E-state index contributed by atoms with van der Waals surface area (Å²) >= 11 is 0. The highest BCUT2D eigenvalue weighted by molar-refractivity contribution is 6.12. The first-order valence-corrected chi connectivity index (χ1v) is 10.0. The van der Waals surface area contributed by atoms with E-state index in [1.807, 2.05) is 6.92 Å². The highest BCUT2D eigenvalue weighted by atomic mass is 16.4. The number of carboxylic acids is 1. The van der Waals surface area contributed by atoms with Crippen LogP contribution in [0.2, 0.25) is 0 Å². The second kappa shape index (κ2) is 12.4. The molecule has 3 rings (SSSR count). The first-order chi connectivity index (χ1) is 15.4. The third-order valence-corrected chi connectivity index (χ3v) is 4.16. The maximum atomic E-state index is 12.8. The predicted molar refractivity (Wildman–Crippen MR) is 120 cm³/mol. The van der Waals surface area contributed by atoms with Gasteiger partial charge >= 0.3 is 5.97 Å². The predicted octanol–water partition coefficient (Wildman–Crippen LogP) is 4.19. The van der Waals surface area contributed by atoms with Crippen molar-refractivity contribution < 1.29 is 24.3 Å². The lowest BCUT2D eigenvalue weighted by atomic mass is 10.1. The van der Waals surface area contributed by atoms with Crippen molar-refractivity contribution in [2.75, 3.05) is 0 Å². The Kier molecular flexibility index (Phi) is 9.33. The highest BCUT2D eigenvalue weighted by Crippen LogP contribution is 2.10. The topological polar surface area (TPSA) is 104 Å². The summed E-state index contributed by atoms with van der Waals surface area (Å²) in [6.45, 7) is 1.84. The molecule has 0 aliphatic carbocycles. The minimum atomic E-state index is -0.711. The second-order valence-electron chi connectivity index (χ2n) is 6.63. The Bertz CT molecular complexity index is 986. The van der Waals surface area contributed by atoms with E-state index in [2.05, 4.69) is 5.43 Å². The first kappa shape index (κ1) is 24.0. The third kappa shape index (κ3) is 7.21. The molecule has 0 heterocycles. The van der Waals surface area contributed by atoms with Crippen LogP contribution in [0.25, 0.3) is 0 Å². The number of imide groups is 1. The van der Waals surface area contributed by atoms with Crippen molar-refractivity contribution in [1.29, 1.82) is 0 Å². The summed E-state index contributed by atoms with van der Waals surface area (Å²) in [5.41, 5.74) is 3.36. The normalized spacial score (nSPS) is 9.66. The van der Waals surface area contributed by atoms with Gasteiger partial charge in [0.1, 0.15) is 0 Å². The Morgan fingerprint density at radius 1 is 0.688 bits per heavy atom. The van der Waals surface area contributed by atoms with Crippen molar-refractivity contribution in [3.8, 4) is 0 Å². The molecule has 0 atom stereocenters. The first-order valence-electron chi connectivity index (χ1n) is 10.0. The van der Waals surface area contributed by atoms with E-state index in [9.17, 15) is 19.2 Å². The average Bonchev–Trinajstić information content (AvgIpc) is 2.83. The van der Waals surface area contributed by atoms with Gasteiger partial charge in [0.05, 0.1) is 0 Å². The molecule has 7 nitrogen and oxygen atoms in total. The van der Waals surface area contributed by atoms with Crippen LogP contribution in [0.5, 0.6) is 0 Å². The Hall–Kier alpha value is -4.26. The van der Waals surface area contributed by atoms with Gasteiger partial charge in [-0.1, -0.05) is 61.5 Å². The summed E-state index contributed by atoms with van der Waals surface area (Å²) in [6, 6.07) is 25.0. The van der Waals surface area contributed by atoms with Gasteiger partial charge < -0.3 is 5.11 Å². The van der Waals surface area contributed by atoms with Gasteiger partial charge in [-0.2, -0.15) is 5.01 Å². The summed E-state index contributed by atoms with van der Waals surface area (Å²) in [5, 5.41) is 8.66. The number of carbonyl (C=O) groups excluding carboxylic acids is 3. The molecule has 0 saturated heterocycles. The molecular formula is C25H24N2O5. The monoisotopic (exact) mass is 432 g/mol. The summed E-state index contributed by atoms with van der Waals surface area (Å²) < 4.78 is 0. The van der Waals surface area contributed by atoms with Crippen molar-refractivity contribution in [2.24, 2.45) is 0 Å². The van der Waals surface area contributed by atoms with E-state index in [4.69, 9.17) is 5.11 Å². The van der Waals surface area contributed by atoms with E-state index in [0.29, 0.717) is 23.1 Å². The van der Waals surface area contributed by atoms with E-state index < -0.39 is 23.7 Å². The smallest absolute Gasteiger partial charge is 0.303 e. The van der Waals surface area contributed by atoms with Crippen LogP contribution < -0.4 is 5.43 Å². The standard InChI is InChI=1S/C21H16N2O3.C4H8O2/c24-19(16-10-4-1-5-11-16)22-23(20(25)17-12-6-2-7-13-17)21(26)18-14-8-3-9-15-18;1-2-3-4(5)6/h1-15H,(H,22,24);2-3H2,1H3,(H,5,6). The molecule has 0 bridgehead atoms. The number of carbonyl (C=O) groups is 4. The van der Waals surface area contributed by atoms with Crippen LogP contribution in [0.1, 0.15) is 50.8 Å². The number of aliphatic carboxylic acids is 1. The molecule has 0 saturated carbocycles. The molecule has 0 aromatic heterocycles. The number of hydrogen-bond donors (Lipinski definition) is 2. The minimum Gasteiger partial charge on any atom is -0.481 e. The number of amides is 3. The maximum absolute atomic E-state index is 12.8. The Morgan fingerprint density at radius 2 is 1.06 bits per heavy atom. The van der Waals surface area contributed by atoms with Gasteiger partial charge in [0.25, 0.3) is 17.7 Å². The Labute approximate surface area is 186 Å². The minimum absolute atomic E-state index is 0.292. The average molecular weight is 432 g/mol. The molecule has 0 radical (unpaired) electrons. The molecule has 32 heavy (non-hydrogen) atoms. The number of hydrazine groups is 1. The van der Waals surface area contributed by atoms with Crippen molar-refractivity contribution in [3.63, 3.8) is 0 Å². The number of benzene rings is 3. The molecule has 164 valence electrons. The van der Waals surface area contributed by atoms with Crippen molar-refractivity contribution in [3.05, 3.63) is 108 Å².